The standard InChI is InChI=1S/C48H30BNO/c1-3-12-31(13-4-1)33-22-25-36(26-23-33)50-43-27-24-34(32-14-5-2-6-15-32)29-42(43)49-41-19-9-7-16-38(41)40-28-35(30-44(50)48(40)49)37-18-11-21-46-47(37)39-17-8-10-20-45(39)51-46/h1-30H. The van der Waals surface area contributed by atoms with Crippen LogP contribution in [0.4, 0.5) is 17.1 Å². The van der Waals surface area contributed by atoms with E-state index in [1.54, 1.807) is 0 Å². The normalized spacial score (nSPS) is 12.6. The summed E-state index contributed by atoms with van der Waals surface area (Å²) in [5, 5.41) is 2.30. The number of hydrogen-bond donors (Lipinski definition) is 0. The average molecular weight is 648 g/mol. The van der Waals surface area contributed by atoms with Gasteiger partial charge in [-0.25, -0.2) is 0 Å². The van der Waals surface area contributed by atoms with Crippen molar-refractivity contribution < 1.29 is 4.42 Å². The van der Waals surface area contributed by atoms with Gasteiger partial charge >= 0.3 is 0 Å². The van der Waals surface area contributed by atoms with Gasteiger partial charge in [-0.2, -0.15) is 0 Å². The molecule has 2 aliphatic rings. The topological polar surface area (TPSA) is 16.4 Å². The van der Waals surface area contributed by atoms with E-state index in [1.165, 1.54) is 72.3 Å². The first kappa shape index (κ1) is 28.3. The predicted molar refractivity (Wildman–Crippen MR) is 215 cm³/mol. The number of anilines is 3. The Morgan fingerprint density at radius 3 is 1.86 bits per heavy atom. The van der Waals surface area contributed by atoms with E-state index in [1.807, 2.05) is 6.07 Å². The predicted octanol–water partition coefficient (Wildman–Crippen LogP) is 10.9. The van der Waals surface area contributed by atoms with Gasteiger partial charge in [0.25, 0.3) is 0 Å². The summed E-state index contributed by atoms with van der Waals surface area (Å²) in [6.07, 6.45) is 0. The molecule has 51 heavy (non-hydrogen) atoms. The van der Waals surface area contributed by atoms with E-state index in [0.717, 1.165) is 27.6 Å². The second kappa shape index (κ2) is 11.0. The molecular weight excluding hydrogens is 617 g/mol. The van der Waals surface area contributed by atoms with E-state index in [4.69, 9.17) is 4.42 Å². The number of furan rings is 1. The number of rotatable bonds is 4. The summed E-state index contributed by atoms with van der Waals surface area (Å²) in [4.78, 5) is 2.50. The van der Waals surface area contributed by atoms with E-state index in [2.05, 4.69) is 181 Å². The van der Waals surface area contributed by atoms with E-state index in [-0.39, 0.29) is 6.71 Å². The zero-order chi connectivity index (χ0) is 33.5. The van der Waals surface area contributed by atoms with Gasteiger partial charge < -0.3 is 9.32 Å². The molecule has 0 N–H and O–H groups in total. The smallest absolute Gasteiger partial charge is 0.248 e. The number of nitrogens with zero attached hydrogens (tertiary/aromatic N) is 1. The SMILES string of the molecule is c1ccc(-c2ccc(N3c4ccc(-c5ccccc5)cc4B4c5ccccc5-c5cc(-c6cccc7oc8ccccc8c67)cc3c54)cc2)cc1. The minimum atomic E-state index is 0.129. The van der Waals surface area contributed by atoms with Crippen molar-refractivity contribution in [3.63, 3.8) is 0 Å². The molecule has 0 fully saturated rings. The van der Waals surface area contributed by atoms with Crippen molar-refractivity contribution in [1.82, 2.24) is 0 Å². The van der Waals surface area contributed by atoms with Crippen LogP contribution in [0.25, 0.3) is 66.4 Å². The minimum Gasteiger partial charge on any atom is -0.456 e. The molecule has 9 aromatic rings. The maximum absolute atomic E-state index is 6.37. The molecule has 236 valence electrons. The van der Waals surface area contributed by atoms with Crippen molar-refractivity contribution >= 4 is 62.1 Å². The van der Waals surface area contributed by atoms with Crippen molar-refractivity contribution in [2.24, 2.45) is 0 Å². The summed E-state index contributed by atoms with van der Waals surface area (Å²) >= 11 is 0. The summed E-state index contributed by atoms with van der Waals surface area (Å²) in [6.45, 7) is 0.129. The Bertz CT molecular complexity index is 2800. The Labute approximate surface area is 297 Å². The van der Waals surface area contributed by atoms with Crippen LogP contribution in [-0.4, -0.2) is 6.71 Å². The first-order chi connectivity index (χ1) is 25.3. The van der Waals surface area contributed by atoms with E-state index < -0.39 is 0 Å². The fourth-order valence-electron chi connectivity index (χ4n) is 8.63. The molecule has 3 heteroatoms. The molecule has 0 radical (unpaired) electrons. The lowest BCUT2D eigenvalue weighted by atomic mass is 9.37. The second-order valence-corrected chi connectivity index (χ2v) is 13.6. The highest BCUT2D eigenvalue weighted by Crippen LogP contribution is 2.45. The highest BCUT2D eigenvalue weighted by Gasteiger charge is 2.43. The molecule has 2 aliphatic heterocycles. The Kier molecular flexibility index (Phi) is 6.08. The third-order valence-corrected chi connectivity index (χ3v) is 10.9. The van der Waals surface area contributed by atoms with Gasteiger partial charge in [0.1, 0.15) is 11.2 Å². The highest BCUT2D eigenvalue weighted by molar-refractivity contribution is 7.01. The molecule has 0 saturated heterocycles. The molecule has 0 spiro atoms. The Balaban J connectivity index is 1.19. The molecule has 3 heterocycles. The molecule has 8 aromatic carbocycles. The molecule has 0 saturated carbocycles. The first-order valence-electron chi connectivity index (χ1n) is 17.6. The van der Waals surface area contributed by atoms with Crippen LogP contribution in [0.2, 0.25) is 0 Å². The highest BCUT2D eigenvalue weighted by atomic mass is 16.3. The molecule has 11 rings (SSSR count). The van der Waals surface area contributed by atoms with Gasteiger partial charge in [-0.15, -0.1) is 0 Å². The maximum atomic E-state index is 6.37. The summed E-state index contributed by atoms with van der Waals surface area (Å²) < 4.78 is 6.37. The Hall–Kier alpha value is -6.58. The largest absolute Gasteiger partial charge is 0.456 e. The van der Waals surface area contributed by atoms with Crippen LogP contribution in [-0.2, 0) is 0 Å². The summed E-state index contributed by atoms with van der Waals surface area (Å²) in [7, 11) is 0. The van der Waals surface area contributed by atoms with Crippen molar-refractivity contribution in [2.45, 2.75) is 0 Å². The molecule has 0 aliphatic carbocycles. The van der Waals surface area contributed by atoms with Crippen LogP contribution in [0.5, 0.6) is 0 Å². The number of hydrogen-bond acceptors (Lipinski definition) is 2. The van der Waals surface area contributed by atoms with Gasteiger partial charge in [0.2, 0.25) is 6.71 Å². The van der Waals surface area contributed by atoms with Gasteiger partial charge in [0, 0.05) is 27.8 Å². The first-order valence-corrected chi connectivity index (χ1v) is 17.6. The fraction of sp³-hybridized carbons (Fsp3) is 0. The van der Waals surface area contributed by atoms with Crippen LogP contribution < -0.4 is 21.3 Å². The fourth-order valence-corrected chi connectivity index (χ4v) is 8.63. The van der Waals surface area contributed by atoms with Crippen LogP contribution in [0.3, 0.4) is 0 Å². The Morgan fingerprint density at radius 2 is 1.04 bits per heavy atom. The van der Waals surface area contributed by atoms with Gasteiger partial charge in [-0.3, -0.25) is 0 Å². The van der Waals surface area contributed by atoms with Crippen molar-refractivity contribution in [3.8, 4) is 44.5 Å². The third-order valence-electron chi connectivity index (χ3n) is 10.9. The zero-order valence-electron chi connectivity index (χ0n) is 27.8. The molecular formula is C48H30BNO. The van der Waals surface area contributed by atoms with Crippen molar-refractivity contribution in [2.75, 3.05) is 4.90 Å². The second-order valence-electron chi connectivity index (χ2n) is 13.6. The maximum Gasteiger partial charge on any atom is 0.248 e. The van der Waals surface area contributed by atoms with E-state index in [0.29, 0.717) is 0 Å². The lowest BCUT2D eigenvalue weighted by molar-refractivity contribution is 0.669. The van der Waals surface area contributed by atoms with E-state index >= 15 is 0 Å². The quantitative estimate of drug-likeness (QED) is 0.177. The van der Waals surface area contributed by atoms with Crippen LogP contribution in [0, 0.1) is 0 Å². The van der Waals surface area contributed by atoms with Gasteiger partial charge in [0.05, 0.1) is 0 Å². The average Bonchev–Trinajstić information content (AvgIpc) is 3.75. The molecule has 2 nitrogen and oxygen atoms in total. The zero-order valence-corrected chi connectivity index (χ0v) is 27.8. The van der Waals surface area contributed by atoms with Crippen LogP contribution in [0.15, 0.2) is 186 Å². The minimum absolute atomic E-state index is 0.129. The van der Waals surface area contributed by atoms with E-state index in [9.17, 15) is 0 Å². The van der Waals surface area contributed by atoms with Gasteiger partial charge in [-0.05, 0) is 97.9 Å². The molecule has 0 atom stereocenters. The Morgan fingerprint density at radius 1 is 0.392 bits per heavy atom. The van der Waals surface area contributed by atoms with Crippen LogP contribution in [0.1, 0.15) is 0 Å². The van der Waals surface area contributed by atoms with Crippen molar-refractivity contribution in [1.29, 1.82) is 0 Å². The number of para-hydroxylation sites is 1. The third kappa shape index (κ3) is 4.25. The number of benzene rings is 8. The molecule has 0 bridgehead atoms. The molecule has 0 unspecified atom stereocenters. The summed E-state index contributed by atoms with van der Waals surface area (Å²) in [5.74, 6) is 0. The monoisotopic (exact) mass is 647 g/mol. The lowest BCUT2D eigenvalue weighted by Gasteiger charge is -2.36. The molecule has 0 amide bonds. The number of fused-ring (bicyclic) bond motifs is 8. The lowest BCUT2D eigenvalue weighted by Crippen LogP contribution is -2.54. The summed E-state index contributed by atoms with van der Waals surface area (Å²) in [5.41, 5.74) is 19.3. The van der Waals surface area contributed by atoms with Gasteiger partial charge in [0.15, 0.2) is 0 Å². The van der Waals surface area contributed by atoms with Gasteiger partial charge in [-0.1, -0.05) is 145 Å². The molecule has 1 aromatic heterocycles. The van der Waals surface area contributed by atoms with Crippen LogP contribution >= 0.6 is 0 Å². The van der Waals surface area contributed by atoms with Crippen molar-refractivity contribution in [3.05, 3.63) is 182 Å². The summed E-state index contributed by atoms with van der Waals surface area (Å²) in [6, 6.07) is 66.2.